The highest BCUT2D eigenvalue weighted by Gasteiger charge is 2.20. The molecular weight excluding hydrogens is 282 g/mol. The van der Waals surface area contributed by atoms with Crippen molar-refractivity contribution in [3.8, 4) is 5.75 Å². The van der Waals surface area contributed by atoms with Crippen molar-refractivity contribution in [3.63, 3.8) is 0 Å². The number of fused-ring (bicyclic) bond motifs is 1. The van der Waals surface area contributed by atoms with Crippen LogP contribution in [0, 0.1) is 6.92 Å². The molecule has 0 saturated carbocycles. The first-order valence-corrected chi connectivity index (χ1v) is 7.20. The third kappa shape index (κ3) is 3.03. The maximum atomic E-state index is 12.2. The molecule has 0 radical (unpaired) electrons. The van der Waals surface area contributed by atoms with Crippen molar-refractivity contribution in [2.24, 2.45) is 0 Å². The van der Waals surface area contributed by atoms with Gasteiger partial charge in [0.05, 0.1) is 0 Å². The molecule has 2 heterocycles. The molecule has 1 aliphatic rings. The van der Waals surface area contributed by atoms with Gasteiger partial charge in [-0.05, 0) is 24.5 Å². The van der Waals surface area contributed by atoms with Crippen LogP contribution in [0.1, 0.15) is 16.9 Å². The lowest BCUT2D eigenvalue weighted by atomic mass is 10.00. The highest BCUT2D eigenvalue weighted by Crippen LogP contribution is 2.18. The number of ether oxygens (including phenoxy) is 1. The van der Waals surface area contributed by atoms with Gasteiger partial charge in [-0.15, -0.1) is 0 Å². The van der Waals surface area contributed by atoms with E-state index < -0.39 is 0 Å². The van der Waals surface area contributed by atoms with Gasteiger partial charge in [0.15, 0.2) is 6.61 Å². The molecule has 1 aliphatic heterocycles. The van der Waals surface area contributed by atoms with E-state index in [1.807, 2.05) is 18.2 Å². The Balaban J connectivity index is 1.62. The first-order valence-electron chi connectivity index (χ1n) is 7.20. The molecule has 0 N–H and O–H groups in total. The standard InChI is InChI=1S/C17H17NO4/c1-12-8-15(19)16(10-21-12)22-11-17(20)18-7-6-13-4-2-3-5-14(13)9-18/h2-5,8,10H,6-7,9,11H2,1H3. The molecule has 5 heteroatoms. The molecule has 0 atom stereocenters. The average Bonchev–Trinajstić information content (AvgIpc) is 2.53. The predicted octanol–water partition coefficient (Wildman–Crippen LogP) is 1.91. The Hall–Kier alpha value is -2.56. The van der Waals surface area contributed by atoms with Crippen LogP contribution in [0.4, 0.5) is 0 Å². The summed E-state index contributed by atoms with van der Waals surface area (Å²) >= 11 is 0. The number of nitrogens with zero attached hydrogens (tertiary/aromatic N) is 1. The molecule has 0 fully saturated rings. The van der Waals surface area contributed by atoms with E-state index in [0.717, 1.165) is 12.0 Å². The first kappa shape index (κ1) is 14.4. The van der Waals surface area contributed by atoms with E-state index in [1.54, 1.807) is 11.8 Å². The van der Waals surface area contributed by atoms with E-state index >= 15 is 0 Å². The molecule has 22 heavy (non-hydrogen) atoms. The van der Waals surface area contributed by atoms with Crippen LogP contribution in [0.5, 0.6) is 5.75 Å². The van der Waals surface area contributed by atoms with E-state index in [4.69, 9.17) is 9.15 Å². The summed E-state index contributed by atoms with van der Waals surface area (Å²) in [6.07, 6.45) is 2.09. The maximum Gasteiger partial charge on any atom is 0.260 e. The first-order chi connectivity index (χ1) is 10.6. The van der Waals surface area contributed by atoms with Crippen molar-refractivity contribution >= 4 is 5.91 Å². The van der Waals surface area contributed by atoms with Gasteiger partial charge in [0.1, 0.15) is 12.0 Å². The number of rotatable bonds is 3. The smallest absolute Gasteiger partial charge is 0.260 e. The molecule has 0 saturated heterocycles. The molecule has 3 rings (SSSR count). The highest BCUT2D eigenvalue weighted by atomic mass is 16.5. The van der Waals surface area contributed by atoms with Gasteiger partial charge in [-0.3, -0.25) is 9.59 Å². The Morgan fingerprint density at radius 3 is 2.86 bits per heavy atom. The summed E-state index contributed by atoms with van der Waals surface area (Å²) < 4.78 is 10.4. The van der Waals surface area contributed by atoms with Crippen LogP contribution in [-0.2, 0) is 17.8 Å². The summed E-state index contributed by atoms with van der Waals surface area (Å²) in [6.45, 7) is 2.78. The Morgan fingerprint density at radius 1 is 1.32 bits per heavy atom. The van der Waals surface area contributed by atoms with E-state index in [9.17, 15) is 9.59 Å². The Morgan fingerprint density at radius 2 is 2.09 bits per heavy atom. The number of aryl methyl sites for hydroxylation is 1. The van der Waals surface area contributed by atoms with Crippen LogP contribution in [-0.4, -0.2) is 24.0 Å². The lowest BCUT2D eigenvalue weighted by molar-refractivity contribution is -0.134. The second-order valence-electron chi connectivity index (χ2n) is 5.34. The number of benzene rings is 1. The molecule has 1 amide bonds. The Bertz CT molecular complexity index is 750. The summed E-state index contributed by atoms with van der Waals surface area (Å²) in [5.41, 5.74) is 2.17. The molecule has 0 spiro atoms. The lowest BCUT2D eigenvalue weighted by Gasteiger charge is -2.28. The van der Waals surface area contributed by atoms with Crippen molar-refractivity contribution in [1.82, 2.24) is 4.90 Å². The highest BCUT2D eigenvalue weighted by molar-refractivity contribution is 5.78. The van der Waals surface area contributed by atoms with E-state index in [-0.39, 0.29) is 23.7 Å². The van der Waals surface area contributed by atoms with Crippen molar-refractivity contribution < 1.29 is 13.9 Å². The van der Waals surface area contributed by atoms with Gasteiger partial charge in [-0.25, -0.2) is 0 Å². The molecule has 1 aromatic carbocycles. The molecule has 1 aromatic heterocycles. The second kappa shape index (κ2) is 6.05. The number of hydrogen-bond donors (Lipinski definition) is 0. The number of carbonyl (C=O) groups excluding carboxylic acids is 1. The van der Waals surface area contributed by atoms with Gasteiger partial charge >= 0.3 is 0 Å². The quantitative estimate of drug-likeness (QED) is 0.868. The Labute approximate surface area is 128 Å². The van der Waals surface area contributed by atoms with E-state index in [0.29, 0.717) is 18.8 Å². The summed E-state index contributed by atoms with van der Waals surface area (Å²) in [6, 6.07) is 9.45. The van der Waals surface area contributed by atoms with Gasteiger partial charge in [0.2, 0.25) is 11.2 Å². The van der Waals surface area contributed by atoms with Crippen LogP contribution < -0.4 is 10.2 Å². The maximum absolute atomic E-state index is 12.2. The average molecular weight is 299 g/mol. The Kier molecular flexibility index (Phi) is 3.96. The predicted molar refractivity (Wildman–Crippen MR) is 80.8 cm³/mol. The summed E-state index contributed by atoms with van der Waals surface area (Å²) in [5.74, 6) is 0.446. The minimum Gasteiger partial charge on any atom is -0.477 e. The fourth-order valence-corrected chi connectivity index (χ4v) is 2.54. The minimum atomic E-state index is -0.277. The van der Waals surface area contributed by atoms with Crippen molar-refractivity contribution in [3.05, 3.63) is 63.7 Å². The normalized spacial score (nSPS) is 13.6. The molecule has 0 aliphatic carbocycles. The van der Waals surface area contributed by atoms with Gasteiger partial charge in [0.25, 0.3) is 5.91 Å². The van der Waals surface area contributed by atoms with Crippen molar-refractivity contribution in [1.29, 1.82) is 0 Å². The van der Waals surface area contributed by atoms with Crippen LogP contribution in [0.15, 0.2) is 45.8 Å². The van der Waals surface area contributed by atoms with Crippen LogP contribution in [0.25, 0.3) is 0 Å². The topological polar surface area (TPSA) is 59.8 Å². The van der Waals surface area contributed by atoms with Gasteiger partial charge in [-0.1, -0.05) is 24.3 Å². The zero-order valence-corrected chi connectivity index (χ0v) is 12.4. The summed E-state index contributed by atoms with van der Waals surface area (Å²) in [5, 5.41) is 0. The monoisotopic (exact) mass is 299 g/mol. The summed E-state index contributed by atoms with van der Waals surface area (Å²) in [4.78, 5) is 25.7. The third-order valence-electron chi connectivity index (χ3n) is 3.76. The number of hydrogen-bond acceptors (Lipinski definition) is 4. The molecular formula is C17H17NO4. The summed E-state index contributed by atoms with van der Waals surface area (Å²) in [7, 11) is 0. The van der Waals surface area contributed by atoms with Crippen molar-refractivity contribution in [2.75, 3.05) is 13.2 Å². The molecule has 0 bridgehead atoms. The largest absolute Gasteiger partial charge is 0.477 e. The van der Waals surface area contributed by atoms with Crippen LogP contribution >= 0.6 is 0 Å². The van der Waals surface area contributed by atoms with Gasteiger partial charge < -0.3 is 14.1 Å². The lowest BCUT2D eigenvalue weighted by Crippen LogP contribution is -2.39. The van der Waals surface area contributed by atoms with Crippen LogP contribution in [0.3, 0.4) is 0 Å². The van der Waals surface area contributed by atoms with Gasteiger partial charge in [0, 0.05) is 19.2 Å². The fourth-order valence-electron chi connectivity index (χ4n) is 2.54. The zero-order chi connectivity index (χ0) is 15.5. The molecule has 114 valence electrons. The zero-order valence-electron chi connectivity index (χ0n) is 12.4. The van der Waals surface area contributed by atoms with Crippen LogP contribution in [0.2, 0.25) is 0 Å². The molecule has 0 unspecified atom stereocenters. The fraction of sp³-hybridized carbons (Fsp3) is 0.294. The minimum absolute atomic E-state index is 0.0661. The third-order valence-corrected chi connectivity index (χ3v) is 3.76. The number of carbonyl (C=O) groups is 1. The second-order valence-corrected chi connectivity index (χ2v) is 5.34. The van der Waals surface area contributed by atoms with E-state index in [1.165, 1.54) is 17.9 Å². The molecule has 2 aromatic rings. The number of amides is 1. The van der Waals surface area contributed by atoms with Gasteiger partial charge in [-0.2, -0.15) is 0 Å². The molecule has 5 nitrogen and oxygen atoms in total. The SMILES string of the molecule is Cc1cc(=O)c(OCC(=O)N2CCc3ccccc3C2)co1. The van der Waals surface area contributed by atoms with Crippen molar-refractivity contribution in [2.45, 2.75) is 19.9 Å². The van der Waals surface area contributed by atoms with E-state index in [2.05, 4.69) is 6.07 Å².